The third-order valence-electron chi connectivity index (χ3n) is 7.35. The second-order valence-corrected chi connectivity index (χ2v) is 12.2. The van der Waals surface area contributed by atoms with Crippen molar-refractivity contribution in [2.45, 2.75) is 69.5 Å². The smallest absolute Gasteiger partial charge is 0.264 e. The van der Waals surface area contributed by atoms with Crippen LogP contribution in [0.1, 0.15) is 50.2 Å². The van der Waals surface area contributed by atoms with Crippen LogP contribution in [0.5, 0.6) is 0 Å². The van der Waals surface area contributed by atoms with E-state index in [-0.39, 0.29) is 29.0 Å². The highest BCUT2D eigenvalue weighted by Crippen LogP contribution is 2.25. The van der Waals surface area contributed by atoms with E-state index >= 15 is 0 Å². The number of aryl methyl sites for hydroxylation is 1. The second-order valence-electron chi connectivity index (χ2n) is 10.3. The molecular weight excluding hydrogens is 529 g/mol. The Bertz CT molecular complexity index is 1410. The summed E-state index contributed by atoms with van der Waals surface area (Å²) in [5, 5.41) is 3.04. The van der Waals surface area contributed by atoms with E-state index in [2.05, 4.69) is 5.32 Å². The van der Waals surface area contributed by atoms with Crippen molar-refractivity contribution in [3.8, 4) is 0 Å². The van der Waals surface area contributed by atoms with E-state index in [0.29, 0.717) is 5.69 Å². The Hall–Kier alpha value is -3.72. The molecule has 7 nitrogen and oxygen atoms in total. The number of carbonyl (C=O) groups excluding carboxylic acids is 2. The lowest BCUT2D eigenvalue weighted by Gasteiger charge is -2.33. The van der Waals surface area contributed by atoms with Crippen molar-refractivity contribution in [2.75, 3.05) is 10.8 Å². The first-order valence-electron chi connectivity index (χ1n) is 13.6. The van der Waals surface area contributed by atoms with E-state index in [1.54, 1.807) is 67.6 Å². The van der Waals surface area contributed by atoms with Gasteiger partial charge in [-0.3, -0.25) is 13.9 Å². The summed E-state index contributed by atoms with van der Waals surface area (Å²) in [5.74, 6) is -1.47. The van der Waals surface area contributed by atoms with Crippen LogP contribution in [0.4, 0.5) is 10.1 Å². The molecule has 1 aliphatic rings. The predicted octanol–water partition coefficient (Wildman–Crippen LogP) is 5.20. The van der Waals surface area contributed by atoms with Gasteiger partial charge >= 0.3 is 0 Å². The molecule has 212 valence electrons. The molecule has 3 aromatic carbocycles. The van der Waals surface area contributed by atoms with Crippen molar-refractivity contribution in [3.63, 3.8) is 0 Å². The minimum Gasteiger partial charge on any atom is -0.352 e. The van der Waals surface area contributed by atoms with Crippen molar-refractivity contribution in [1.29, 1.82) is 0 Å². The first-order chi connectivity index (χ1) is 19.2. The van der Waals surface area contributed by atoms with Gasteiger partial charge in [0.15, 0.2) is 0 Å². The van der Waals surface area contributed by atoms with Gasteiger partial charge in [-0.1, -0.05) is 73.4 Å². The fraction of sp³-hybridized carbons (Fsp3) is 0.355. The van der Waals surface area contributed by atoms with Gasteiger partial charge in [0.25, 0.3) is 10.0 Å². The highest BCUT2D eigenvalue weighted by molar-refractivity contribution is 7.92. The van der Waals surface area contributed by atoms with Crippen molar-refractivity contribution >= 4 is 27.5 Å². The average molecular weight is 566 g/mol. The molecule has 40 heavy (non-hydrogen) atoms. The summed E-state index contributed by atoms with van der Waals surface area (Å²) in [7, 11) is -4.13. The molecule has 9 heteroatoms. The maximum absolute atomic E-state index is 14.7. The number of nitrogens with zero attached hydrogens (tertiary/aromatic N) is 2. The fourth-order valence-electron chi connectivity index (χ4n) is 4.92. The molecule has 1 fully saturated rings. The maximum Gasteiger partial charge on any atom is 0.264 e. The van der Waals surface area contributed by atoms with Gasteiger partial charge < -0.3 is 10.2 Å². The molecule has 0 spiro atoms. The van der Waals surface area contributed by atoms with Crippen LogP contribution in [0.3, 0.4) is 0 Å². The number of sulfonamides is 1. The lowest BCUT2D eigenvalue weighted by Crippen LogP contribution is -2.53. The highest BCUT2D eigenvalue weighted by atomic mass is 32.2. The number of hydrogen-bond acceptors (Lipinski definition) is 4. The van der Waals surface area contributed by atoms with Gasteiger partial charge in [-0.25, -0.2) is 12.8 Å². The molecule has 1 unspecified atom stereocenters. The molecule has 2 amide bonds. The zero-order chi connectivity index (χ0) is 28.7. The molecule has 0 bridgehead atoms. The second kappa shape index (κ2) is 13.1. The number of hydrogen-bond donors (Lipinski definition) is 1. The zero-order valence-corrected chi connectivity index (χ0v) is 23.7. The van der Waals surface area contributed by atoms with Gasteiger partial charge in [-0.15, -0.1) is 0 Å². The standard InChI is InChI=1S/C31H36FN3O4S/c1-23-17-19-27(20-18-23)35(40(38,39)28-14-7-4-8-15-28)22-30(36)34(21-25-11-9-10-16-29(25)32)24(2)31(37)33-26-12-5-3-6-13-26/h4,7-11,14-20,24,26H,3,5-6,12-13,21-22H2,1-2H3,(H,33,37). The van der Waals surface area contributed by atoms with E-state index in [1.165, 1.54) is 23.1 Å². The van der Waals surface area contributed by atoms with Gasteiger partial charge in [0, 0.05) is 18.2 Å². The number of nitrogens with one attached hydrogen (secondary N) is 1. The topological polar surface area (TPSA) is 86.8 Å². The van der Waals surface area contributed by atoms with E-state index in [9.17, 15) is 22.4 Å². The molecule has 0 radical (unpaired) electrons. The first kappa shape index (κ1) is 29.3. The van der Waals surface area contributed by atoms with Crippen LogP contribution in [0.2, 0.25) is 0 Å². The third-order valence-corrected chi connectivity index (χ3v) is 9.14. The normalized spacial score (nSPS) is 14.8. The number of anilines is 1. The van der Waals surface area contributed by atoms with E-state index in [0.717, 1.165) is 42.0 Å². The molecule has 0 aliphatic heterocycles. The van der Waals surface area contributed by atoms with Gasteiger partial charge in [-0.2, -0.15) is 0 Å². The molecule has 4 rings (SSSR count). The maximum atomic E-state index is 14.7. The summed E-state index contributed by atoms with van der Waals surface area (Å²) >= 11 is 0. The molecule has 1 aliphatic carbocycles. The molecule has 1 N–H and O–H groups in total. The average Bonchev–Trinajstić information content (AvgIpc) is 2.96. The van der Waals surface area contributed by atoms with Gasteiger partial charge in [0.1, 0.15) is 18.4 Å². The predicted molar refractivity (Wildman–Crippen MR) is 154 cm³/mol. The van der Waals surface area contributed by atoms with E-state index in [4.69, 9.17) is 0 Å². The zero-order valence-electron chi connectivity index (χ0n) is 22.9. The van der Waals surface area contributed by atoms with Crippen molar-refractivity contribution in [2.24, 2.45) is 0 Å². The largest absolute Gasteiger partial charge is 0.352 e. The molecular formula is C31H36FN3O4S. The Balaban J connectivity index is 1.67. The van der Waals surface area contributed by atoms with Crippen LogP contribution in [-0.2, 0) is 26.2 Å². The summed E-state index contributed by atoms with van der Waals surface area (Å²) in [6.07, 6.45) is 4.93. The SMILES string of the molecule is Cc1ccc(N(CC(=O)N(Cc2ccccc2F)C(C)C(=O)NC2CCCCC2)S(=O)(=O)c2ccccc2)cc1. The van der Waals surface area contributed by atoms with E-state index < -0.39 is 34.3 Å². The minimum atomic E-state index is -4.13. The first-order valence-corrected chi connectivity index (χ1v) is 15.1. The summed E-state index contributed by atoms with van der Waals surface area (Å²) in [4.78, 5) is 28.6. The summed E-state index contributed by atoms with van der Waals surface area (Å²) in [6.45, 7) is 2.74. The monoisotopic (exact) mass is 565 g/mol. The number of amides is 2. The molecule has 0 aromatic heterocycles. The van der Waals surface area contributed by atoms with Gasteiger partial charge in [-0.05, 0) is 57.0 Å². The lowest BCUT2D eigenvalue weighted by atomic mass is 9.95. The number of benzene rings is 3. The Morgan fingerprint density at radius 1 is 0.925 bits per heavy atom. The van der Waals surface area contributed by atoms with Gasteiger partial charge in [0.05, 0.1) is 10.6 Å². The van der Waals surface area contributed by atoms with Crippen LogP contribution in [0.25, 0.3) is 0 Å². The van der Waals surface area contributed by atoms with Crippen LogP contribution < -0.4 is 9.62 Å². The number of carbonyl (C=O) groups is 2. The molecule has 0 saturated heterocycles. The highest BCUT2D eigenvalue weighted by Gasteiger charge is 2.33. The van der Waals surface area contributed by atoms with Crippen LogP contribution in [0, 0.1) is 12.7 Å². The van der Waals surface area contributed by atoms with Crippen molar-refractivity contribution in [1.82, 2.24) is 10.2 Å². The number of halogens is 1. The van der Waals surface area contributed by atoms with Crippen molar-refractivity contribution < 1.29 is 22.4 Å². The van der Waals surface area contributed by atoms with Gasteiger partial charge in [0.2, 0.25) is 11.8 Å². The van der Waals surface area contributed by atoms with Crippen LogP contribution in [-0.4, -0.2) is 43.8 Å². The Morgan fingerprint density at radius 3 is 2.20 bits per heavy atom. The summed E-state index contributed by atoms with van der Waals surface area (Å²) < 4.78 is 43.3. The quantitative estimate of drug-likeness (QED) is 0.366. The fourth-order valence-corrected chi connectivity index (χ4v) is 6.36. The number of rotatable bonds is 10. The van der Waals surface area contributed by atoms with Crippen LogP contribution >= 0.6 is 0 Å². The van der Waals surface area contributed by atoms with Crippen LogP contribution in [0.15, 0.2) is 83.8 Å². The lowest BCUT2D eigenvalue weighted by molar-refractivity contribution is -0.139. The molecule has 1 saturated carbocycles. The molecule has 0 heterocycles. The van der Waals surface area contributed by atoms with E-state index in [1.807, 2.05) is 6.92 Å². The molecule has 3 aromatic rings. The summed E-state index contributed by atoms with van der Waals surface area (Å²) in [6, 6.07) is 19.8. The Morgan fingerprint density at radius 2 is 1.55 bits per heavy atom. The Labute approximate surface area is 236 Å². The Kier molecular flexibility index (Phi) is 9.58. The third kappa shape index (κ3) is 7.07. The summed E-state index contributed by atoms with van der Waals surface area (Å²) in [5.41, 5.74) is 1.48. The molecule has 1 atom stereocenters. The van der Waals surface area contributed by atoms with Crippen molar-refractivity contribution in [3.05, 3.63) is 95.8 Å². The minimum absolute atomic E-state index is 0.0247.